The molecular weight excluding hydrogens is 408 g/mol. The van der Waals surface area contributed by atoms with Crippen LogP contribution in [0.4, 0.5) is 11.8 Å². The second-order valence-electron chi connectivity index (χ2n) is 7.51. The summed E-state index contributed by atoms with van der Waals surface area (Å²) < 4.78 is 5.03. The van der Waals surface area contributed by atoms with Crippen LogP contribution in [-0.2, 0) is 27.4 Å². The van der Waals surface area contributed by atoms with Crippen molar-refractivity contribution in [3.8, 4) is 0 Å². The molecule has 3 rings (SSSR count). The van der Waals surface area contributed by atoms with Gasteiger partial charge in [-0.3, -0.25) is 19.4 Å². The van der Waals surface area contributed by atoms with Gasteiger partial charge < -0.3 is 15.0 Å². The molecule has 1 aliphatic heterocycles. The Bertz CT molecular complexity index is 897. The van der Waals surface area contributed by atoms with Crippen molar-refractivity contribution in [2.45, 2.75) is 13.1 Å². The highest BCUT2D eigenvalue weighted by Crippen LogP contribution is 2.13. The first-order chi connectivity index (χ1) is 15.6. The smallest absolute Gasteiger partial charge is 0.246 e. The van der Waals surface area contributed by atoms with E-state index < -0.39 is 0 Å². The quantitative estimate of drug-likeness (QED) is 0.420. The van der Waals surface area contributed by atoms with E-state index in [4.69, 9.17) is 4.74 Å². The highest BCUT2D eigenvalue weighted by Gasteiger charge is 2.19. The lowest BCUT2D eigenvalue weighted by molar-refractivity contribution is -0.127. The van der Waals surface area contributed by atoms with E-state index in [1.54, 1.807) is 19.4 Å². The number of rotatable bonds is 11. The third-order valence-electron chi connectivity index (χ3n) is 5.34. The van der Waals surface area contributed by atoms with E-state index in [1.807, 2.05) is 4.90 Å². The zero-order valence-corrected chi connectivity index (χ0v) is 18.4. The molecule has 1 N–H and O–H groups in total. The Morgan fingerprint density at radius 1 is 1.19 bits per heavy atom. The second kappa shape index (κ2) is 11.9. The minimum atomic E-state index is 0.00450. The van der Waals surface area contributed by atoms with Crippen LogP contribution in [0.25, 0.3) is 0 Å². The zero-order valence-electron chi connectivity index (χ0n) is 18.4. The third kappa shape index (κ3) is 6.60. The second-order valence-corrected chi connectivity index (χ2v) is 7.51. The van der Waals surface area contributed by atoms with Crippen molar-refractivity contribution in [2.75, 3.05) is 56.7 Å². The summed E-state index contributed by atoms with van der Waals surface area (Å²) in [6.07, 6.45) is 3.74. The summed E-state index contributed by atoms with van der Waals surface area (Å²) in [5.74, 6) is 0.993. The number of aromatic nitrogens is 2. The number of anilines is 2. The zero-order chi connectivity index (χ0) is 22.8. The predicted molar refractivity (Wildman–Crippen MR) is 123 cm³/mol. The minimum Gasteiger partial charge on any atom is -0.383 e. The first-order valence-electron chi connectivity index (χ1n) is 10.6. The first-order valence-corrected chi connectivity index (χ1v) is 10.6. The molecule has 0 atom stereocenters. The molecule has 0 unspecified atom stereocenters. The molecule has 1 saturated heterocycles. The number of amides is 2. The van der Waals surface area contributed by atoms with Crippen molar-refractivity contribution < 1.29 is 14.3 Å². The van der Waals surface area contributed by atoms with Crippen LogP contribution >= 0.6 is 0 Å². The van der Waals surface area contributed by atoms with Crippen molar-refractivity contribution in [2.24, 2.45) is 0 Å². The fraction of sp³-hybridized carbons (Fsp3) is 0.391. The summed E-state index contributed by atoms with van der Waals surface area (Å²) in [5.41, 5.74) is 2.34. The molecule has 1 aromatic carbocycles. The lowest BCUT2D eigenvalue weighted by Gasteiger charge is -2.34. The number of hydrogen-bond donors (Lipinski definition) is 1. The van der Waals surface area contributed by atoms with Gasteiger partial charge in [-0.2, -0.15) is 4.98 Å². The van der Waals surface area contributed by atoms with Crippen LogP contribution in [0.5, 0.6) is 0 Å². The number of carbonyl (C=O) groups is 2. The van der Waals surface area contributed by atoms with Gasteiger partial charge >= 0.3 is 0 Å². The number of hydrogen-bond acceptors (Lipinski definition) is 7. The summed E-state index contributed by atoms with van der Waals surface area (Å²) in [4.78, 5) is 37.3. The lowest BCUT2D eigenvalue weighted by Crippen LogP contribution is -2.47. The van der Waals surface area contributed by atoms with Gasteiger partial charge in [-0.05, 0) is 23.3 Å². The Morgan fingerprint density at radius 2 is 1.91 bits per heavy atom. The Hall–Kier alpha value is -3.30. The van der Waals surface area contributed by atoms with Gasteiger partial charge in [0.25, 0.3) is 0 Å². The molecule has 0 spiro atoms. The van der Waals surface area contributed by atoms with E-state index in [2.05, 4.69) is 51.0 Å². The van der Waals surface area contributed by atoms with Gasteiger partial charge in [-0.15, -0.1) is 0 Å². The average Bonchev–Trinajstić information content (AvgIpc) is 2.84. The minimum absolute atomic E-state index is 0.00450. The molecule has 2 aromatic rings. The lowest BCUT2D eigenvalue weighted by atomic mass is 10.1. The molecule has 170 valence electrons. The van der Waals surface area contributed by atoms with Crippen LogP contribution < -0.4 is 10.2 Å². The van der Waals surface area contributed by atoms with Gasteiger partial charge in [0.15, 0.2) is 0 Å². The summed E-state index contributed by atoms with van der Waals surface area (Å²) in [6.45, 7) is 9.04. The molecule has 9 heteroatoms. The maximum absolute atomic E-state index is 11.7. The van der Waals surface area contributed by atoms with E-state index in [0.717, 1.165) is 44.7 Å². The molecule has 32 heavy (non-hydrogen) atoms. The Kier molecular flexibility index (Phi) is 8.70. The van der Waals surface area contributed by atoms with E-state index in [0.29, 0.717) is 31.5 Å². The molecular formula is C23H30N6O3. The first kappa shape index (κ1) is 23.4. The standard InChI is InChI=1S/C23H30N6O3/c1-3-22(31)28-12-10-27(11-13-28)17-20-6-4-19(5-7-20)16-25-23-24-9-8-21(26-23)29(18-30)14-15-32-2/h3-9,18H,1,10-17H2,2H3,(H,24,25,26). The Balaban J connectivity index is 1.49. The topological polar surface area (TPSA) is 90.9 Å². The van der Waals surface area contributed by atoms with Crippen LogP contribution in [0.1, 0.15) is 11.1 Å². The molecule has 1 aromatic heterocycles. The number of piperazine rings is 1. The fourth-order valence-electron chi connectivity index (χ4n) is 3.46. The van der Waals surface area contributed by atoms with Crippen LogP contribution in [-0.4, -0.2) is 78.5 Å². The molecule has 2 heterocycles. The van der Waals surface area contributed by atoms with Crippen molar-refractivity contribution in [1.82, 2.24) is 19.8 Å². The number of carbonyl (C=O) groups excluding carboxylic acids is 2. The summed E-state index contributed by atoms with van der Waals surface area (Å²) >= 11 is 0. The van der Waals surface area contributed by atoms with E-state index in [9.17, 15) is 9.59 Å². The van der Waals surface area contributed by atoms with E-state index in [1.165, 1.54) is 16.5 Å². The molecule has 0 saturated carbocycles. The van der Waals surface area contributed by atoms with Gasteiger partial charge in [0, 0.05) is 52.6 Å². The van der Waals surface area contributed by atoms with Crippen molar-refractivity contribution in [3.63, 3.8) is 0 Å². The molecule has 0 radical (unpaired) electrons. The number of ether oxygens (including phenoxy) is 1. The van der Waals surface area contributed by atoms with Gasteiger partial charge in [-0.1, -0.05) is 30.8 Å². The molecule has 0 bridgehead atoms. The van der Waals surface area contributed by atoms with Gasteiger partial charge in [0.1, 0.15) is 5.82 Å². The largest absolute Gasteiger partial charge is 0.383 e. The van der Waals surface area contributed by atoms with Crippen LogP contribution in [0.3, 0.4) is 0 Å². The van der Waals surface area contributed by atoms with Crippen molar-refractivity contribution in [1.29, 1.82) is 0 Å². The third-order valence-corrected chi connectivity index (χ3v) is 5.34. The maximum Gasteiger partial charge on any atom is 0.246 e. The molecule has 1 aliphatic rings. The van der Waals surface area contributed by atoms with E-state index >= 15 is 0 Å². The van der Waals surface area contributed by atoms with Crippen LogP contribution in [0.15, 0.2) is 49.2 Å². The van der Waals surface area contributed by atoms with Crippen LogP contribution in [0, 0.1) is 0 Å². The van der Waals surface area contributed by atoms with Gasteiger partial charge in [0.05, 0.1) is 13.2 Å². The number of nitrogens with one attached hydrogen (secondary N) is 1. The van der Waals surface area contributed by atoms with E-state index in [-0.39, 0.29) is 5.91 Å². The SMILES string of the molecule is C=CC(=O)N1CCN(Cc2ccc(CNc3nccc(N(C=O)CCOC)n3)cc2)CC1. The monoisotopic (exact) mass is 438 g/mol. The summed E-state index contributed by atoms with van der Waals surface area (Å²) in [7, 11) is 1.59. The Labute approximate surface area is 188 Å². The fourth-order valence-corrected chi connectivity index (χ4v) is 3.46. The van der Waals surface area contributed by atoms with Crippen LogP contribution in [0.2, 0.25) is 0 Å². The maximum atomic E-state index is 11.7. The molecule has 2 amide bonds. The highest BCUT2D eigenvalue weighted by atomic mass is 16.5. The van der Waals surface area contributed by atoms with Gasteiger partial charge in [0.2, 0.25) is 18.3 Å². The molecule has 0 aliphatic carbocycles. The summed E-state index contributed by atoms with van der Waals surface area (Å²) in [6, 6.07) is 10.1. The summed E-state index contributed by atoms with van der Waals surface area (Å²) in [5, 5.41) is 3.21. The van der Waals surface area contributed by atoms with Gasteiger partial charge in [-0.25, -0.2) is 4.98 Å². The number of methoxy groups -OCH3 is 1. The number of benzene rings is 1. The van der Waals surface area contributed by atoms with Crippen molar-refractivity contribution >= 4 is 24.1 Å². The Morgan fingerprint density at radius 3 is 2.56 bits per heavy atom. The highest BCUT2D eigenvalue weighted by molar-refractivity contribution is 5.87. The molecule has 1 fully saturated rings. The molecule has 9 nitrogen and oxygen atoms in total. The van der Waals surface area contributed by atoms with Crippen molar-refractivity contribution in [3.05, 3.63) is 60.3 Å². The average molecular weight is 439 g/mol. The normalized spacial score (nSPS) is 14.1. The predicted octanol–water partition coefficient (Wildman–Crippen LogP) is 1.53. The number of nitrogens with zero attached hydrogens (tertiary/aromatic N) is 5.